The summed E-state index contributed by atoms with van der Waals surface area (Å²) in [5.74, 6) is 1.35. The molecule has 0 atom stereocenters. The molecular weight excluding hydrogens is 338 g/mol. The number of benzene rings is 2. The van der Waals surface area contributed by atoms with Gasteiger partial charge >= 0.3 is 6.03 Å². The lowest BCUT2D eigenvalue weighted by molar-refractivity contribution is 0.259. The van der Waals surface area contributed by atoms with E-state index in [0.717, 1.165) is 21.8 Å². The van der Waals surface area contributed by atoms with Gasteiger partial charge in [0.1, 0.15) is 5.01 Å². The second-order valence-corrected chi connectivity index (χ2v) is 6.03. The fourth-order valence-corrected chi connectivity index (χ4v) is 3.20. The van der Waals surface area contributed by atoms with Crippen molar-refractivity contribution >= 4 is 23.1 Å². The highest BCUT2D eigenvalue weighted by molar-refractivity contribution is 7.13. The van der Waals surface area contributed by atoms with E-state index in [9.17, 15) is 4.79 Å². The monoisotopic (exact) mass is 355 g/mol. The summed E-state index contributed by atoms with van der Waals surface area (Å²) in [5.41, 5.74) is 8.53. The van der Waals surface area contributed by atoms with Crippen LogP contribution in [0.25, 0.3) is 21.8 Å². The van der Waals surface area contributed by atoms with Crippen LogP contribution in [0.5, 0.6) is 11.5 Å². The van der Waals surface area contributed by atoms with E-state index in [-0.39, 0.29) is 0 Å². The number of nitrogens with zero attached hydrogens (tertiary/aromatic N) is 1. The predicted octanol–water partition coefficient (Wildman–Crippen LogP) is 3.98. The average Bonchev–Trinajstić information content (AvgIpc) is 3.11. The molecule has 6 nitrogen and oxygen atoms in total. The van der Waals surface area contributed by atoms with Crippen molar-refractivity contribution in [3.8, 4) is 33.3 Å². The van der Waals surface area contributed by atoms with Crippen molar-refractivity contribution < 1.29 is 14.3 Å². The van der Waals surface area contributed by atoms with Gasteiger partial charge < -0.3 is 20.5 Å². The number of thiazole rings is 1. The Morgan fingerprint density at radius 3 is 2.36 bits per heavy atom. The zero-order valence-corrected chi connectivity index (χ0v) is 14.6. The van der Waals surface area contributed by atoms with E-state index in [0.29, 0.717) is 17.2 Å². The van der Waals surface area contributed by atoms with Gasteiger partial charge in [0, 0.05) is 22.2 Å². The number of nitrogens with one attached hydrogen (secondary N) is 1. The zero-order valence-electron chi connectivity index (χ0n) is 13.8. The molecule has 25 heavy (non-hydrogen) atoms. The molecule has 0 fully saturated rings. The van der Waals surface area contributed by atoms with Gasteiger partial charge in [-0.3, -0.25) is 0 Å². The van der Waals surface area contributed by atoms with Crippen LogP contribution in [0.2, 0.25) is 0 Å². The Labute approximate surface area is 149 Å². The summed E-state index contributed by atoms with van der Waals surface area (Å²) in [7, 11) is 3.21. The van der Waals surface area contributed by atoms with E-state index in [1.807, 2.05) is 35.7 Å². The van der Waals surface area contributed by atoms with Gasteiger partial charge in [-0.05, 0) is 30.3 Å². The van der Waals surface area contributed by atoms with Gasteiger partial charge in [-0.1, -0.05) is 12.1 Å². The van der Waals surface area contributed by atoms with Crippen LogP contribution in [0.15, 0.2) is 47.8 Å². The molecule has 2 aromatic carbocycles. The highest BCUT2D eigenvalue weighted by Crippen LogP contribution is 2.35. The maximum absolute atomic E-state index is 10.9. The minimum atomic E-state index is -0.586. The first-order valence-corrected chi connectivity index (χ1v) is 8.33. The Balaban J connectivity index is 1.86. The molecule has 0 aliphatic heterocycles. The van der Waals surface area contributed by atoms with Crippen LogP contribution >= 0.6 is 11.3 Å². The van der Waals surface area contributed by atoms with Crippen LogP contribution in [0.4, 0.5) is 10.5 Å². The van der Waals surface area contributed by atoms with Crippen molar-refractivity contribution in [3.05, 3.63) is 47.8 Å². The molecule has 128 valence electrons. The lowest BCUT2D eigenvalue weighted by atomic mass is 10.1. The summed E-state index contributed by atoms with van der Waals surface area (Å²) in [6.07, 6.45) is 0. The molecule has 0 spiro atoms. The molecule has 1 aromatic heterocycles. The SMILES string of the molecule is COc1ccc(-c2nc(-c3ccc(NC(N)=O)cc3)cs2)cc1OC. The number of methoxy groups -OCH3 is 2. The van der Waals surface area contributed by atoms with Crippen molar-refractivity contribution in [2.45, 2.75) is 0 Å². The van der Waals surface area contributed by atoms with Gasteiger partial charge in [-0.15, -0.1) is 11.3 Å². The Hall–Kier alpha value is -3.06. The predicted molar refractivity (Wildman–Crippen MR) is 99.3 cm³/mol. The summed E-state index contributed by atoms with van der Waals surface area (Å²) >= 11 is 1.55. The first-order valence-electron chi connectivity index (χ1n) is 7.45. The number of urea groups is 1. The molecule has 3 aromatic rings. The number of nitrogens with two attached hydrogens (primary N) is 1. The molecule has 0 bridgehead atoms. The third kappa shape index (κ3) is 3.72. The normalized spacial score (nSPS) is 10.3. The number of aromatic nitrogens is 1. The first-order chi connectivity index (χ1) is 12.1. The summed E-state index contributed by atoms with van der Waals surface area (Å²) in [6.45, 7) is 0. The van der Waals surface area contributed by atoms with Crippen molar-refractivity contribution in [1.82, 2.24) is 4.98 Å². The molecular formula is C18H17N3O3S. The molecule has 0 saturated carbocycles. The minimum Gasteiger partial charge on any atom is -0.493 e. The molecule has 0 radical (unpaired) electrons. The van der Waals surface area contributed by atoms with Crippen LogP contribution in [-0.4, -0.2) is 25.2 Å². The Kier molecular flexibility index (Phi) is 4.85. The lowest BCUT2D eigenvalue weighted by Gasteiger charge is -2.08. The maximum Gasteiger partial charge on any atom is 0.316 e. The van der Waals surface area contributed by atoms with Crippen molar-refractivity contribution in [1.29, 1.82) is 0 Å². The highest BCUT2D eigenvalue weighted by atomic mass is 32.1. The van der Waals surface area contributed by atoms with E-state index in [1.165, 1.54) is 0 Å². The highest BCUT2D eigenvalue weighted by Gasteiger charge is 2.10. The number of hydrogen-bond donors (Lipinski definition) is 2. The number of primary amides is 1. The smallest absolute Gasteiger partial charge is 0.316 e. The Morgan fingerprint density at radius 1 is 1.04 bits per heavy atom. The standard InChI is InChI=1S/C18H17N3O3S/c1-23-15-8-5-12(9-16(15)24-2)17-21-14(10-25-17)11-3-6-13(7-4-11)20-18(19)22/h3-10H,1-2H3,(H3,19,20,22). The molecule has 3 N–H and O–H groups in total. The first kappa shape index (κ1) is 16.8. The number of anilines is 1. The minimum absolute atomic E-state index is 0.586. The quantitative estimate of drug-likeness (QED) is 0.725. The lowest BCUT2D eigenvalue weighted by Crippen LogP contribution is -2.19. The fourth-order valence-electron chi connectivity index (χ4n) is 2.37. The van der Waals surface area contributed by atoms with Gasteiger partial charge in [0.05, 0.1) is 19.9 Å². The third-order valence-corrected chi connectivity index (χ3v) is 4.47. The van der Waals surface area contributed by atoms with Gasteiger partial charge in [-0.25, -0.2) is 9.78 Å². The summed E-state index contributed by atoms with van der Waals surface area (Å²) in [5, 5.41) is 5.41. The van der Waals surface area contributed by atoms with Crippen molar-refractivity contribution in [3.63, 3.8) is 0 Å². The Bertz CT molecular complexity index is 891. The molecule has 2 amide bonds. The van der Waals surface area contributed by atoms with E-state index in [2.05, 4.69) is 10.3 Å². The molecule has 1 heterocycles. The van der Waals surface area contributed by atoms with Gasteiger partial charge in [-0.2, -0.15) is 0 Å². The molecule has 0 aliphatic rings. The second kappa shape index (κ2) is 7.23. The Morgan fingerprint density at radius 2 is 1.72 bits per heavy atom. The fraction of sp³-hybridized carbons (Fsp3) is 0.111. The summed E-state index contributed by atoms with van der Waals surface area (Å²) in [6, 6.07) is 12.5. The summed E-state index contributed by atoms with van der Waals surface area (Å²) in [4.78, 5) is 15.5. The van der Waals surface area contributed by atoms with Crippen LogP contribution in [0.1, 0.15) is 0 Å². The largest absolute Gasteiger partial charge is 0.493 e. The number of hydrogen-bond acceptors (Lipinski definition) is 5. The van der Waals surface area contributed by atoms with E-state index in [4.69, 9.17) is 15.2 Å². The van der Waals surface area contributed by atoms with Crippen LogP contribution in [0, 0.1) is 0 Å². The summed E-state index contributed by atoms with van der Waals surface area (Å²) < 4.78 is 10.6. The van der Waals surface area contributed by atoms with Crippen molar-refractivity contribution in [2.75, 3.05) is 19.5 Å². The van der Waals surface area contributed by atoms with Crippen LogP contribution in [0.3, 0.4) is 0 Å². The van der Waals surface area contributed by atoms with E-state index >= 15 is 0 Å². The molecule has 0 aliphatic carbocycles. The van der Waals surface area contributed by atoms with Crippen LogP contribution in [-0.2, 0) is 0 Å². The number of rotatable bonds is 5. The number of carbonyl (C=O) groups excluding carboxylic acids is 1. The second-order valence-electron chi connectivity index (χ2n) is 5.17. The van der Waals surface area contributed by atoms with Crippen molar-refractivity contribution in [2.24, 2.45) is 5.73 Å². The van der Waals surface area contributed by atoms with Gasteiger partial charge in [0.15, 0.2) is 11.5 Å². The third-order valence-electron chi connectivity index (χ3n) is 3.58. The van der Waals surface area contributed by atoms with Crippen LogP contribution < -0.4 is 20.5 Å². The molecule has 0 unspecified atom stereocenters. The van der Waals surface area contributed by atoms with E-state index in [1.54, 1.807) is 37.7 Å². The topological polar surface area (TPSA) is 86.5 Å². The number of amides is 2. The number of ether oxygens (including phenoxy) is 2. The van der Waals surface area contributed by atoms with Gasteiger partial charge in [0.25, 0.3) is 0 Å². The zero-order chi connectivity index (χ0) is 17.8. The molecule has 3 rings (SSSR count). The van der Waals surface area contributed by atoms with Gasteiger partial charge in [0.2, 0.25) is 0 Å². The number of carbonyl (C=O) groups is 1. The molecule has 7 heteroatoms. The average molecular weight is 355 g/mol. The molecule has 0 saturated heterocycles. The maximum atomic E-state index is 10.9. The van der Waals surface area contributed by atoms with E-state index < -0.39 is 6.03 Å².